The van der Waals surface area contributed by atoms with Crippen LogP contribution >= 0.6 is 0 Å². The van der Waals surface area contributed by atoms with Crippen LogP contribution < -0.4 is 10.6 Å². The molecule has 1 fully saturated rings. The maximum atomic E-state index is 11.9. The van der Waals surface area contributed by atoms with Crippen LogP contribution in [0.3, 0.4) is 0 Å². The molecule has 0 bridgehead atoms. The number of carbonyl (C=O) groups is 2. The average molecular weight is 282 g/mol. The van der Waals surface area contributed by atoms with Gasteiger partial charge in [-0.25, -0.2) is 9.59 Å². The highest BCUT2D eigenvalue weighted by molar-refractivity contribution is 5.86. The largest absolute Gasteiger partial charge is 0.480 e. The molecule has 0 atom stereocenters. The first-order valence-corrected chi connectivity index (χ1v) is 6.11. The smallest absolute Gasteiger partial charge is 0.389 e. The molecule has 0 aliphatic heterocycles. The molecule has 0 spiro atoms. The number of halogens is 3. The molecule has 0 unspecified atom stereocenters. The predicted octanol–water partition coefficient (Wildman–Crippen LogP) is 2.03. The molecule has 19 heavy (non-hydrogen) atoms. The third-order valence-corrected chi connectivity index (χ3v) is 3.14. The summed E-state index contributed by atoms with van der Waals surface area (Å²) < 4.78 is 35.6. The van der Waals surface area contributed by atoms with Crippen LogP contribution in [0.25, 0.3) is 0 Å². The summed E-state index contributed by atoms with van der Waals surface area (Å²) in [5, 5.41) is 13.7. The molecule has 1 rings (SSSR count). The van der Waals surface area contributed by atoms with Crippen molar-refractivity contribution >= 4 is 12.0 Å². The number of nitrogens with one attached hydrogen (secondary N) is 2. The van der Waals surface area contributed by atoms with Gasteiger partial charge in [0.25, 0.3) is 0 Å². The van der Waals surface area contributed by atoms with Gasteiger partial charge in [0.2, 0.25) is 0 Å². The highest BCUT2D eigenvalue weighted by Crippen LogP contribution is 2.29. The number of alkyl halides is 3. The minimum absolute atomic E-state index is 0.138. The summed E-state index contributed by atoms with van der Waals surface area (Å²) in [5.74, 6) is -1.10. The number of urea groups is 1. The Bertz CT molecular complexity index is 339. The minimum atomic E-state index is -4.24. The maximum absolute atomic E-state index is 11.9. The van der Waals surface area contributed by atoms with E-state index in [0.717, 1.165) is 0 Å². The molecular weight excluding hydrogens is 265 g/mol. The first-order valence-electron chi connectivity index (χ1n) is 6.11. The molecule has 0 aromatic heterocycles. The number of carboxylic acid groups (broad SMARTS) is 1. The van der Waals surface area contributed by atoms with Gasteiger partial charge in [0.15, 0.2) is 0 Å². The number of carbonyl (C=O) groups excluding carboxylic acids is 1. The molecule has 3 N–H and O–H groups in total. The van der Waals surface area contributed by atoms with Crippen LogP contribution in [-0.2, 0) is 4.79 Å². The summed E-state index contributed by atoms with van der Waals surface area (Å²) in [4.78, 5) is 22.6. The van der Waals surface area contributed by atoms with Gasteiger partial charge in [0, 0.05) is 13.0 Å². The molecule has 5 nitrogen and oxygen atoms in total. The van der Waals surface area contributed by atoms with Gasteiger partial charge < -0.3 is 15.7 Å². The van der Waals surface area contributed by atoms with Crippen LogP contribution in [0.5, 0.6) is 0 Å². The number of aliphatic carboxylic acids is 1. The lowest BCUT2D eigenvalue weighted by Crippen LogP contribution is -2.55. The molecule has 110 valence electrons. The lowest BCUT2D eigenvalue weighted by Gasteiger charge is -2.25. The van der Waals surface area contributed by atoms with Crippen molar-refractivity contribution in [2.24, 2.45) is 0 Å². The summed E-state index contributed by atoms with van der Waals surface area (Å²) in [6.07, 6.45) is -3.34. The van der Waals surface area contributed by atoms with Crippen molar-refractivity contribution < 1.29 is 27.9 Å². The van der Waals surface area contributed by atoms with Crippen molar-refractivity contribution in [3.05, 3.63) is 0 Å². The van der Waals surface area contributed by atoms with Crippen molar-refractivity contribution in [1.82, 2.24) is 10.6 Å². The first kappa shape index (κ1) is 15.6. The molecule has 0 saturated heterocycles. The zero-order chi connectivity index (χ0) is 14.5. The Morgan fingerprint density at radius 2 is 1.79 bits per heavy atom. The third kappa shape index (κ3) is 4.96. The number of rotatable bonds is 5. The van der Waals surface area contributed by atoms with Crippen LogP contribution in [0.4, 0.5) is 18.0 Å². The second-order valence-corrected chi connectivity index (χ2v) is 4.69. The van der Waals surface area contributed by atoms with Gasteiger partial charge in [-0.3, -0.25) is 0 Å². The number of hydrogen-bond acceptors (Lipinski definition) is 2. The van der Waals surface area contributed by atoms with Gasteiger partial charge in [-0.05, 0) is 19.3 Å². The Morgan fingerprint density at radius 1 is 1.21 bits per heavy atom. The minimum Gasteiger partial charge on any atom is -0.480 e. The molecule has 1 aliphatic rings. The quantitative estimate of drug-likeness (QED) is 0.675. The monoisotopic (exact) mass is 282 g/mol. The molecule has 0 heterocycles. The number of amides is 2. The molecule has 0 aromatic rings. The van der Waals surface area contributed by atoms with E-state index in [4.69, 9.17) is 5.11 Å². The molecule has 2 amide bonds. The van der Waals surface area contributed by atoms with Crippen LogP contribution in [-0.4, -0.2) is 35.4 Å². The molecule has 8 heteroatoms. The fourth-order valence-corrected chi connectivity index (χ4v) is 2.12. The van der Waals surface area contributed by atoms with Crippen molar-refractivity contribution in [3.63, 3.8) is 0 Å². The van der Waals surface area contributed by atoms with Crippen molar-refractivity contribution in [3.8, 4) is 0 Å². The second kappa shape index (κ2) is 6.12. The van der Waals surface area contributed by atoms with Crippen LogP contribution in [0.1, 0.15) is 38.5 Å². The first-order chi connectivity index (χ1) is 8.75. The van der Waals surface area contributed by atoms with Gasteiger partial charge in [0.1, 0.15) is 5.54 Å². The van der Waals surface area contributed by atoms with E-state index in [1.807, 2.05) is 0 Å². The zero-order valence-corrected chi connectivity index (χ0v) is 10.3. The average Bonchev–Trinajstić information content (AvgIpc) is 2.73. The lowest BCUT2D eigenvalue weighted by molar-refractivity contribution is -0.144. The van der Waals surface area contributed by atoms with Crippen LogP contribution in [0.15, 0.2) is 0 Å². The molecule has 1 aliphatic carbocycles. The van der Waals surface area contributed by atoms with Crippen LogP contribution in [0.2, 0.25) is 0 Å². The highest BCUT2D eigenvalue weighted by Gasteiger charge is 2.42. The Hall–Kier alpha value is -1.47. The van der Waals surface area contributed by atoms with Crippen LogP contribution in [0, 0.1) is 0 Å². The number of carboxylic acids is 1. The van der Waals surface area contributed by atoms with Gasteiger partial charge in [-0.15, -0.1) is 0 Å². The summed E-state index contributed by atoms with van der Waals surface area (Å²) in [6, 6.07) is -0.730. The predicted molar refractivity (Wildman–Crippen MR) is 60.7 cm³/mol. The van der Waals surface area contributed by atoms with Gasteiger partial charge in [-0.1, -0.05) is 12.8 Å². The molecule has 1 saturated carbocycles. The highest BCUT2D eigenvalue weighted by atomic mass is 19.4. The van der Waals surface area contributed by atoms with Gasteiger partial charge >= 0.3 is 18.2 Å². The maximum Gasteiger partial charge on any atom is 0.389 e. The number of hydrogen-bond donors (Lipinski definition) is 3. The molecular formula is C11H17F3N2O3. The van der Waals surface area contributed by atoms with Crippen molar-refractivity contribution in [2.45, 2.75) is 50.2 Å². The van der Waals surface area contributed by atoms with Gasteiger partial charge in [0.05, 0.1) is 0 Å². The molecule has 0 aromatic carbocycles. The van der Waals surface area contributed by atoms with E-state index in [2.05, 4.69) is 10.6 Å². The van der Waals surface area contributed by atoms with E-state index in [1.165, 1.54) is 0 Å². The fraction of sp³-hybridized carbons (Fsp3) is 0.818. The normalized spacial score (nSPS) is 18.1. The third-order valence-electron chi connectivity index (χ3n) is 3.14. The fourth-order valence-electron chi connectivity index (χ4n) is 2.12. The summed E-state index contributed by atoms with van der Waals surface area (Å²) in [6.45, 7) is -0.138. The van der Waals surface area contributed by atoms with E-state index < -0.39 is 30.1 Å². The Kier molecular flexibility index (Phi) is 5.02. The summed E-state index contributed by atoms with van der Waals surface area (Å²) in [7, 11) is 0. The Labute approximate surface area is 108 Å². The van der Waals surface area contributed by atoms with E-state index in [1.54, 1.807) is 0 Å². The lowest BCUT2D eigenvalue weighted by atomic mass is 9.98. The van der Waals surface area contributed by atoms with Gasteiger partial charge in [-0.2, -0.15) is 13.2 Å². The second-order valence-electron chi connectivity index (χ2n) is 4.69. The Balaban J connectivity index is 2.32. The summed E-state index contributed by atoms with van der Waals surface area (Å²) >= 11 is 0. The van der Waals surface area contributed by atoms with E-state index >= 15 is 0 Å². The Morgan fingerprint density at radius 3 is 2.26 bits per heavy atom. The summed E-state index contributed by atoms with van der Waals surface area (Å²) in [5.41, 5.74) is -1.27. The van der Waals surface area contributed by atoms with Crippen molar-refractivity contribution in [2.75, 3.05) is 6.54 Å². The topological polar surface area (TPSA) is 78.4 Å². The molecule has 0 radical (unpaired) electrons. The van der Waals surface area contributed by atoms with E-state index in [-0.39, 0.29) is 13.0 Å². The zero-order valence-electron chi connectivity index (χ0n) is 10.3. The van der Waals surface area contributed by atoms with E-state index in [9.17, 15) is 22.8 Å². The standard InChI is InChI=1S/C11H17F3N2O3/c12-11(13,14)6-3-7-15-9(19)16-10(8(17)18)4-1-2-5-10/h1-7H2,(H,17,18)(H2,15,16,19). The SMILES string of the molecule is O=C(NCCCC(F)(F)F)NC1(C(=O)O)CCCC1. The van der Waals surface area contributed by atoms with E-state index in [0.29, 0.717) is 25.7 Å². The van der Waals surface area contributed by atoms with Crippen molar-refractivity contribution in [1.29, 1.82) is 0 Å².